The van der Waals surface area contributed by atoms with E-state index in [0.29, 0.717) is 11.8 Å². The van der Waals surface area contributed by atoms with Crippen LogP contribution in [0.1, 0.15) is 54.4 Å². The third kappa shape index (κ3) is 1.56. The Kier molecular flexibility index (Phi) is 2.36. The van der Waals surface area contributed by atoms with Crippen molar-refractivity contribution in [3.05, 3.63) is 0 Å². The largest absolute Gasteiger partial charge is 0.451 e. The number of ether oxygens (including phenoxy) is 1. The fourth-order valence-electron chi connectivity index (χ4n) is 4.27. The van der Waals surface area contributed by atoms with Gasteiger partial charge in [-0.25, -0.2) is 4.79 Å². The summed E-state index contributed by atoms with van der Waals surface area (Å²) in [5, 5.41) is 0. The van der Waals surface area contributed by atoms with E-state index in [-0.39, 0.29) is 22.8 Å². The Labute approximate surface area is 115 Å². The van der Waals surface area contributed by atoms with Gasteiger partial charge < -0.3 is 4.74 Å². The average molecular weight is 263 g/mol. The molecule has 4 unspecified atom stereocenters. The van der Waals surface area contributed by atoms with Crippen LogP contribution in [0.3, 0.4) is 0 Å². The van der Waals surface area contributed by atoms with E-state index in [1.54, 1.807) is 0 Å². The maximum atomic E-state index is 12.3. The number of carbonyl (C=O) groups excluding carboxylic acids is 1. The number of hydrogen-bond acceptors (Lipinski definition) is 3. The Bertz CT molecular complexity index is 472. The van der Waals surface area contributed by atoms with Crippen LogP contribution in [0, 0.1) is 22.7 Å². The number of hydrogen-bond donors (Lipinski definition) is 0. The van der Waals surface area contributed by atoms with Crippen molar-refractivity contribution < 1.29 is 9.53 Å². The average Bonchev–Trinajstić information content (AvgIpc) is 2.23. The van der Waals surface area contributed by atoms with Crippen LogP contribution in [-0.4, -0.2) is 23.3 Å². The Hall–Kier alpha value is -0.860. The van der Waals surface area contributed by atoms with Crippen LogP contribution in [0.4, 0.5) is 0 Å². The monoisotopic (exact) mass is 263 g/mol. The molecule has 3 heteroatoms. The predicted molar refractivity (Wildman–Crippen MR) is 75.2 cm³/mol. The summed E-state index contributed by atoms with van der Waals surface area (Å²) in [5.74, 6) is 1.00. The molecule has 106 valence electrons. The fraction of sp³-hybridized carbons (Fsp3) is 0.875. The smallest absolute Gasteiger partial charge is 0.332 e. The molecule has 1 heterocycles. The highest BCUT2D eigenvalue weighted by Gasteiger charge is 2.65. The number of aliphatic imine (C=N–C) groups is 1. The summed E-state index contributed by atoms with van der Waals surface area (Å²) < 4.78 is 5.93. The summed E-state index contributed by atoms with van der Waals surface area (Å²) in [6.07, 6.45) is 2.18. The van der Waals surface area contributed by atoms with Crippen LogP contribution >= 0.6 is 0 Å². The van der Waals surface area contributed by atoms with Gasteiger partial charge in [0.15, 0.2) is 11.6 Å². The van der Waals surface area contributed by atoms with E-state index < -0.39 is 5.60 Å². The molecular formula is C16H25NO2. The van der Waals surface area contributed by atoms with Gasteiger partial charge in [0.1, 0.15) is 0 Å². The molecule has 2 bridgehead atoms. The lowest BCUT2D eigenvalue weighted by Gasteiger charge is -2.64. The van der Waals surface area contributed by atoms with E-state index in [2.05, 4.69) is 41.5 Å². The van der Waals surface area contributed by atoms with E-state index in [1.165, 1.54) is 6.42 Å². The lowest BCUT2D eigenvalue weighted by Crippen LogP contribution is -2.68. The lowest BCUT2D eigenvalue weighted by atomic mass is 9.43. The minimum absolute atomic E-state index is 0.139. The molecule has 4 aliphatic rings. The maximum absolute atomic E-state index is 12.3. The number of nitrogens with zero attached hydrogens (tertiary/aromatic N) is 1. The number of rotatable bonds is 0. The van der Waals surface area contributed by atoms with Gasteiger partial charge in [0.2, 0.25) is 0 Å². The summed E-state index contributed by atoms with van der Waals surface area (Å²) >= 11 is 0. The Morgan fingerprint density at radius 3 is 2.42 bits per heavy atom. The molecular weight excluding hydrogens is 238 g/mol. The summed E-state index contributed by atoms with van der Waals surface area (Å²) in [5.41, 5.74) is 0.801. The second-order valence-corrected chi connectivity index (χ2v) is 8.38. The van der Waals surface area contributed by atoms with Crippen molar-refractivity contribution in [2.75, 3.05) is 0 Å². The molecule has 0 saturated heterocycles. The van der Waals surface area contributed by atoms with Crippen molar-refractivity contribution >= 4 is 11.7 Å². The first-order chi connectivity index (χ1) is 8.57. The normalized spacial score (nSPS) is 43.8. The molecule has 0 spiro atoms. The van der Waals surface area contributed by atoms with Crippen molar-refractivity contribution in [3.8, 4) is 0 Å². The van der Waals surface area contributed by atoms with Crippen molar-refractivity contribution in [1.82, 2.24) is 0 Å². The van der Waals surface area contributed by atoms with Gasteiger partial charge in [0.05, 0.1) is 5.71 Å². The first-order valence-corrected chi connectivity index (χ1v) is 7.37. The zero-order valence-corrected chi connectivity index (χ0v) is 12.9. The standard InChI is InChI=1S/C16H25NO2/c1-14(2,3)12-13(18)19-16(6)10-7-9(15(10,4)5)8-11(16)17-12/h9-10,12H,7-8H2,1-6H3. The molecule has 4 atom stereocenters. The molecule has 3 nitrogen and oxygen atoms in total. The Morgan fingerprint density at radius 1 is 1.26 bits per heavy atom. The van der Waals surface area contributed by atoms with Gasteiger partial charge in [0.25, 0.3) is 0 Å². The third-order valence-corrected chi connectivity index (χ3v) is 5.79. The highest BCUT2D eigenvalue weighted by molar-refractivity contribution is 6.00. The first-order valence-electron chi connectivity index (χ1n) is 7.37. The Balaban J connectivity index is 2.01. The molecule has 0 aromatic heterocycles. The van der Waals surface area contributed by atoms with E-state index in [9.17, 15) is 4.79 Å². The number of esters is 1. The van der Waals surface area contributed by atoms with Crippen LogP contribution in [0.25, 0.3) is 0 Å². The van der Waals surface area contributed by atoms with Crippen LogP contribution in [0.15, 0.2) is 4.99 Å². The molecule has 0 amide bonds. The van der Waals surface area contributed by atoms with Crippen LogP contribution < -0.4 is 0 Å². The van der Waals surface area contributed by atoms with Crippen LogP contribution in [-0.2, 0) is 9.53 Å². The molecule has 0 aromatic rings. The van der Waals surface area contributed by atoms with E-state index in [4.69, 9.17) is 9.73 Å². The van der Waals surface area contributed by atoms with Gasteiger partial charge in [0, 0.05) is 5.92 Å². The molecule has 4 rings (SSSR count). The van der Waals surface area contributed by atoms with E-state index in [0.717, 1.165) is 12.1 Å². The van der Waals surface area contributed by atoms with Crippen molar-refractivity contribution in [1.29, 1.82) is 0 Å². The summed E-state index contributed by atoms with van der Waals surface area (Å²) in [6.45, 7) is 12.8. The van der Waals surface area contributed by atoms with Crippen molar-refractivity contribution in [2.24, 2.45) is 27.7 Å². The van der Waals surface area contributed by atoms with Gasteiger partial charge in [-0.1, -0.05) is 34.6 Å². The van der Waals surface area contributed by atoms with Gasteiger partial charge in [-0.15, -0.1) is 0 Å². The SMILES string of the molecule is CC(C)(C)C1N=C2CC3CC(C2(C)OC1=O)C3(C)C. The first kappa shape index (κ1) is 13.1. The summed E-state index contributed by atoms with van der Waals surface area (Å²) in [6, 6.07) is -0.337. The third-order valence-electron chi connectivity index (χ3n) is 5.79. The highest BCUT2D eigenvalue weighted by Crippen LogP contribution is 2.63. The van der Waals surface area contributed by atoms with Gasteiger partial charge in [-0.05, 0) is 36.5 Å². The van der Waals surface area contributed by atoms with Crippen LogP contribution in [0.2, 0.25) is 0 Å². The fourth-order valence-corrected chi connectivity index (χ4v) is 4.27. The minimum Gasteiger partial charge on any atom is -0.451 e. The molecule has 19 heavy (non-hydrogen) atoms. The zero-order chi connectivity index (χ0) is 14.2. The van der Waals surface area contributed by atoms with Gasteiger partial charge in [-0.3, -0.25) is 4.99 Å². The number of carbonyl (C=O) groups is 1. The molecule has 0 aromatic carbocycles. The van der Waals surface area contributed by atoms with E-state index >= 15 is 0 Å². The quantitative estimate of drug-likeness (QED) is 0.629. The summed E-state index contributed by atoms with van der Waals surface area (Å²) in [4.78, 5) is 17.2. The maximum Gasteiger partial charge on any atom is 0.332 e. The highest BCUT2D eigenvalue weighted by atomic mass is 16.6. The van der Waals surface area contributed by atoms with Gasteiger partial charge in [-0.2, -0.15) is 0 Å². The molecule has 3 fully saturated rings. The molecule has 3 aliphatic carbocycles. The van der Waals surface area contributed by atoms with Crippen LogP contribution in [0.5, 0.6) is 0 Å². The lowest BCUT2D eigenvalue weighted by molar-refractivity contribution is -0.190. The molecule has 3 saturated carbocycles. The van der Waals surface area contributed by atoms with Crippen molar-refractivity contribution in [2.45, 2.75) is 66.0 Å². The second-order valence-electron chi connectivity index (χ2n) is 8.38. The molecule has 0 radical (unpaired) electrons. The zero-order valence-electron chi connectivity index (χ0n) is 12.9. The predicted octanol–water partition coefficient (Wildman–Crippen LogP) is 3.22. The molecule has 1 aliphatic heterocycles. The Morgan fingerprint density at radius 2 is 1.89 bits per heavy atom. The topological polar surface area (TPSA) is 38.7 Å². The minimum atomic E-state index is -0.447. The molecule has 0 N–H and O–H groups in total. The van der Waals surface area contributed by atoms with Crippen molar-refractivity contribution in [3.63, 3.8) is 0 Å². The van der Waals surface area contributed by atoms with E-state index in [1.807, 2.05) is 0 Å². The van der Waals surface area contributed by atoms with Gasteiger partial charge >= 0.3 is 5.97 Å². The summed E-state index contributed by atoms with van der Waals surface area (Å²) in [7, 11) is 0. The second kappa shape index (κ2) is 3.42.